The summed E-state index contributed by atoms with van der Waals surface area (Å²) in [5.41, 5.74) is 2.84. The number of fused-ring (bicyclic) bond motifs is 3. The molecule has 0 spiro atoms. The molecule has 5 rings (SSSR count). The van der Waals surface area contributed by atoms with Gasteiger partial charge in [-0.1, -0.05) is 29.3 Å². The van der Waals surface area contributed by atoms with E-state index in [4.69, 9.17) is 46.9 Å². The van der Waals surface area contributed by atoms with Crippen LogP contribution in [0.2, 0.25) is 10.0 Å². The lowest BCUT2D eigenvalue weighted by atomic mass is 10.0. The van der Waals surface area contributed by atoms with Crippen molar-refractivity contribution in [3.63, 3.8) is 0 Å². The van der Waals surface area contributed by atoms with Crippen LogP contribution in [0.5, 0.6) is 28.7 Å². The number of ether oxygens (including phenoxy) is 5. The average molecular weight is 528 g/mol. The van der Waals surface area contributed by atoms with Crippen molar-refractivity contribution in [2.24, 2.45) is 0 Å². The maximum absolute atomic E-state index is 13.2. The van der Waals surface area contributed by atoms with Gasteiger partial charge in [-0.2, -0.15) is 0 Å². The third kappa shape index (κ3) is 4.34. The van der Waals surface area contributed by atoms with Gasteiger partial charge in [0.2, 0.25) is 11.5 Å². The zero-order chi connectivity index (χ0) is 25.4. The van der Waals surface area contributed by atoms with E-state index in [1.165, 1.54) is 14.2 Å². The molecule has 0 aliphatic carbocycles. The molecule has 2 aliphatic rings. The molecule has 0 saturated heterocycles. The largest absolute Gasteiger partial charge is 0.493 e. The van der Waals surface area contributed by atoms with E-state index in [2.05, 4.69) is 4.90 Å². The Morgan fingerprint density at radius 1 is 1.00 bits per heavy atom. The summed E-state index contributed by atoms with van der Waals surface area (Å²) < 4.78 is 28.4. The first-order chi connectivity index (χ1) is 17.4. The molecule has 2 aliphatic heterocycles. The van der Waals surface area contributed by atoms with E-state index in [-0.39, 0.29) is 11.5 Å². The van der Waals surface area contributed by atoms with E-state index in [0.717, 1.165) is 11.1 Å². The summed E-state index contributed by atoms with van der Waals surface area (Å²) in [6.45, 7) is 1.46. The predicted molar refractivity (Wildman–Crippen MR) is 137 cm³/mol. The van der Waals surface area contributed by atoms with E-state index in [9.17, 15) is 4.79 Å². The van der Waals surface area contributed by atoms with Crippen LogP contribution >= 0.6 is 23.2 Å². The maximum atomic E-state index is 13.2. The number of carbonyl (C=O) groups excluding carboxylic acids is 1. The molecular formula is C27H23Cl2NO6. The lowest BCUT2D eigenvalue weighted by molar-refractivity contribution is 0.0873. The van der Waals surface area contributed by atoms with E-state index in [1.807, 2.05) is 12.1 Å². The number of halogens is 2. The molecule has 0 amide bonds. The van der Waals surface area contributed by atoms with Crippen molar-refractivity contribution < 1.29 is 28.5 Å². The third-order valence-electron chi connectivity index (χ3n) is 6.11. The Bertz CT molecular complexity index is 1390. The topological polar surface area (TPSA) is 66.5 Å². The Labute approximate surface area is 218 Å². The molecule has 0 atom stereocenters. The van der Waals surface area contributed by atoms with Crippen LogP contribution in [0.4, 0.5) is 0 Å². The van der Waals surface area contributed by atoms with Gasteiger partial charge >= 0.3 is 0 Å². The van der Waals surface area contributed by atoms with Crippen molar-refractivity contribution in [2.45, 2.75) is 13.1 Å². The summed E-state index contributed by atoms with van der Waals surface area (Å²) >= 11 is 12.4. The summed E-state index contributed by atoms with van der Waals surface area (Å²) in [5, 5.41) is 1.17. The smallest absolute Gasteiger partial charge is 0.231 e. The molecule has 0 unspecified atom stereocenters. The van der Waals surface area contributed by atoms with E-state index in [1.54, 1.807) is 43.5 Å². The molecule has 0 aromatic heterocycles. The minimum atomic E-state index is -0.220. The number of hydrogen-bond donors (Lipinski definition) is 0. The molecule has 9 heteroatoms. The summed E-state index contributed by atoms with van der Waals surface area (Å²) in [5.74, 6) is 2.53. The maximum Gasteiger partial charge on any atom is 0.231 e. The quantitative estimate of drug-likeness (QED) is 0.365. The molecule has 0 radical (unpaired) electrons. The summed E-state index contributed by atoms with van der Waals surface area (Å²) in [4.78, 5) is 15.3. The molecule has 0 N–H and O–H groups in total. The molecule has 0 bridgehead atoms. The number of allylic oxidation sites excluding steroid dienone is 1. The highest BCUT2D eigenvalue weighted by atomic mass is 35.5. The van der Waals surface area contributed by atoms with Gasteiger partial charge in [0.25, 0.3) is 0 Å². The second-order valence-corrected chi connectivity index (χ2v) is 9.12. The van der Waals surface area contributed by atoms with Crippen LogP contribution in [0.3, 0.4) is 0 Å². The fraction of sp³-hybridized carbons (Fsp3) is 0.222. The monoisotopic (exact) mass is 527 g/mol. The molecule has 3 aromatic carbocycles. The number of ketones is 1. The summed E-state index contributed by atoms with van der Waals surface area (Å²) in [7, 11) is 4.60. The molecule has 0 fully saturated rings. The average Bonchev–Trinajstić information content (AvgIpc) is 3.20. The Morgan fingerprint density at radius 3 is 2.53 bits per heavy atom. The fourth-order valence-corrected chi connectivity index (χ4v) is 4.84. The van der Waals surface area contributed by atoms with Crippen LogP contribution in [0, 0.1) is 0 Å². The van der Waals surface area contributed by atoms with Crippen LogP contribution in [-0.4, -0.2) is 38.7 Å². The Kier molecular flexibility index (Phi) is 6.71. The standard InChI is InChI=1S/C27H23Cl2NO6/c1-32-22-8-5-15(25(33-2)27(22)34-3)10-23-24(31)18-7-9-21-19(26(18)36-23)13-30(14-35-21)12-16-4-6-17(28)11-20(16)29/h4-11H,12-14H2,1-3H3/b23-10-. The Morgan fingerprint density at radius 2 is 1.81 bits per heavy atom. The molecule has 3 aromatic rings. The lowest BCUT2D eigenvalue weighted by Gasteiger charge is -2.30. The van der Waals surface area contributed by atoms with Gasteiger partial charge in [0.05, 0.1) is 32.5 Å². The molecule has 186 valence electrons. The first kappa shape index (κ1) is 24.3. The predicted octanol–water partition coefficient (Wildman–Crippen LogP) is 5.99. The van der Waals surface area contributed by atoms with Gasteiger partial charge in [0.15, 0.2) is 17.3 Å². The van der Waals surface area contributed by atoms with Gasteiger partial charge in [-0.05, 0) is 48.0 Å². The van der Waals surface area contributed by atoms with Crippen LogP contribution in [0.25, 0.3) is 6.08 Å². The number of benzene rings is 3. The zero-order valence-electron chi connectivity index (χ0n) is 19.9. The first-order valence-electron chi connectivity index (χ1n) is 11.1. The van der Waals surface area contributed by atoms with Gasteiger partial charge in [-0.15, -0.1) is 0 Å². The van der Waals surface area contributed by atoms with Crippen LogP contribution in [0.15, 0.2) is 48.2 Å². The number of rotatable bonds is 6. The highest BCUT2D eigenvalue weighted by Gasteiger charge is 2.34. The second kappa shape index (κ2) is 9.93. The number of nitrogens with zero attached hydrogens (tertiary/aromatic N) is 1. The molecular weight excluding hydrogens is 505 g/mol. The highest BCUT2D eigenvalue weighted by Crippen LogP contribution is 2.44. The SMILES string of the molecule is COc1ccc(/C=C2\Oc3c(ccc4c3CN(Cc3ccc(Cl)cc3Cl)CO4)C2=O)c(OC)c1OC. The Hall–Kier alpha value is -3.39. The molecule has 7 nitrogen and oxygen atoms in total. The number of hydrogen-bond acceptors (Lipinski definition) is 7. The van der Waals surface area contributed by atoms with Crippen LogP contribution in [0.1, 0.15) is 27.0 Å². The van der Waals surface area contributed by atoms with Gasteiger partial charge in [0, 0.05) is 28.7 Å². The number of Topliss-reactive ketones (excluding diaryl/α,β-unsaturated/α-hetero) is 1. The van der Waals surface area contributed by atoms with Crippen molar-refractivity contribution >= 4 is 35.1 Å². The number of methoxy groups -OCH3 is 3. The number of carbonyl (C=O) groups is 1. The highest BCUT2D eigenvalue weighted by molar-refractivity contribution is 6.35. The van der Waals surface area contributed by atoms with Gasteiger partial charge in [-0.3, -0.25) is 9.69 Å². The van der Waals surface area contributed by atoms with E-state index < -0.39 is 0 Å². The van der Waals surface area contributed by atoms with E-state index in [0.29, 0.717) is 69.7 Å². The van der Waals surface area contributed by atoms with Crippen molar-refractivity contribution in [2.75, 3.05) is 28.1 Å². The minimum Gasteiger partial charge on any atom is -0.493 e. The van der Waals surface area contributed by atoms with Crippen molar-refractivity contribution in [1.29, 1.82) is 0 Å². The summed E-state index contributed by atoms with van der Waals surface area (Å²) in [6.07, 6.45) is 1.64. The minimum absolute atomic E-state index is 0.182. The van der Waals surface area contributed by atoms with Crippen LogP contribution < -0.4 is 23.7 Å². The van der Waals surface area contributed by atoms with Gasteiger partial charge < -0.3 is 23.7 Å². The molecule has 36 heavy (non-hydrogen) atoms. The summed E-state index contributed by atoms with van der Waals surface area (Å²) in [6, 6.07) is 12.5. The fourth-order valence-electron chi connectivity index (χ4n) is 4.38. The third-order valence-corrected chi connectivity index (χ3v) is 6.70. The van der Waals surface area contributed by atoms with Crippen LogP contribution in [-0.2, 0) is 13.1 Å². The molecule has 0 saturated carbocycles. The zero-order valence-corrected chi connectivity index (χ0v) is 21.4. The van der Waals surface area contributed by atoms with Gasteiger partial charge in [0.1, 0.15) is 18.2 Å². The molecule has 2 heterocycles. The van der Waals surface area contributed by atoms with Crippen molar-refractivity contribution in [3.05, 3.63) is 80.5 Å². The first-order valence-corrected chi connectivity index (χ1v) is 11.9. The normalized spacial score (nSPS) is 15.7. The van der Waals surface area contributed by atoms with E-state index >= 15 is 0 Å². The Balaban J connectivity index is 1.45. The van der Waals surface area contributed by atoms with Crippen molar-refractivity contribution in [3.8, 4) is 28.7 Å². The second-order valence-electron chi connectivity index (χ2n) is 8.28. The lowest BCUT2D eigenvalue weighted by Crippen LogP contribution is -2.31. The van der Waals surface area contributed by atoms with Crippen molar-refractivity contribution in [1.82, 2.24) is 4.90 Å². The van der Waals surface area contributed by atoms with Gasteiger partial charge in [-0.25, -0.2) is 0 Å².